The number of rotatable bonds is 5. The molecule has 7 nitrogen and oxygen atoms in total. The van der Waals surface area contributed by atoms with Crippen LogP contribution in [-0.2, 0) is 4.79 Å². The van der Waals surface area contributed by atoms with Gasteiger partial charge in [-0.05, 0) is 51.2 Å². The van der Waals surface area contributed by atoms with E-state index in [4.69, 9.17) is 5.11 Å². The van der Waals surface area contributed by atoms with E-state index in [9.17, 15) is 19.7 Å². The Hall–Kier alpha value is -2.44. The minimum Gasteiger partial charge on any atom is -0.481 e. The summed E-state index contributed by atoms with van der Waals surface area (Å²) < 4.78 is 0. The molecule has 0 aromatic heterocycles. The molecule has 1 atom stereocenters. The van der Waals surface area contributed by atoms with Crippen molar-refractivity contribution in [1.82, 2.24) is 4.90 Å². The Morgan fingerprint density at radius 1 is 1.29 bits per heavy atom. The van der Waals surface area contributed by atoms with Gasteiger partial charge in [0, 0.05) is 36.2 Å². The predicted molar refractivity (Wildman–Crippen MR) is 88.1 cm³/mol. The fraction of sp³-hybridized carbons (Fsp3) is 0.529. The summed E-state index contributed by atoms with van der Waals surface area (Å²) in [5, 5.41) is 20.0. The molecular weight excluding hydrogens is 312 g/mol. The number of nitrogens with zero attached hydrogens (tertiary/aromatic N) is 2. The first kappa shape index (κ1) is 17.9. The van der Waals surface area contributed by atoms with Crippen LogP contribution in [0, 0.1) is 24.0 Å². The first-order chi connectivity index (χ1) is 11.3. The summed E-state index contributed by atoms with van der Waals surface area (Å²) in [6.07, 6.45) is 3.02. The van der Waals surface area contributed by atoms with Crippen molar-refractivity contribution in [3.05, 3.63) is 38.9 Å². The van der Waals surface area contributed by atoms with Crippen LogP contribution >= 0.6 is 0 Å². The van der Waals surface area contributed by atoms with E-state index in [2.05, 4.69) is 0 Å². The smallest absolute Gasteiger partial charge is 0.303 e. The molecule has 0 bridgehead atoms. The van der Waals surface area contributed by atoms with Crippen LogP contribution in [0.15, 0.2) is 12.1 Å². The number of piperidine rings is 1. The zero-order chi connectivity index (χ0) is 17.9. The maximum absolute atomic E-state index is 12.9. The van der Waals surface area contributed by atoms with E-state index in [0.29, 0.717) is 29.7 Å². The minimum absolute atomic E-state index is 0.0154. The van der Waals surface area contributed by atoms with E-state index in [0.717, 1.165) is 19.3 Å². The highest BCUT2D eigenvalue weighted by Gasteiger charge is 2.29. The third-order valence-electron chi connectivity index (χ3n) is 4.55. The zero-order valence-electron chi connectivity index (χ0n) is 13.9. The third-order valence-corrected chi connectivity index (χ3v) is 4.55. The van der Waals surface area contributed by atoms with Crippen LogP contribution in [0.3, 0.4) is 0 Å². The second-order valence-corrected chi connectivity index (χ2v) is 6.29. The number of carbonyl (C=O) groups is 2. The van der Waals surface area contributed by atoms with E-state index in [-0.39, 0.29) is 24.1 Å². The number of carbonyl (C=O) groups excluding carboxylic acids is 1. The van der Waals surface area contributed by atoms with Gasteiger partial charge in [-0.1, -0.05) is 0 Å². The number of nitro groups is 1. The van der Waals surface area contributed by atoms with Crippen LogP contribution in [0.4, 0.5) is 5.69 Å². The average molecular weight is 334 g/mol. The standard InChI is InChI=1S/C17H22N2O5/c1-11-9-12(2)15(19(23)24)10-14(11)17(22)18-8-4-3-5-13(18)6-7-16(20)21/h9-10,13H,3-8H2,1-2H3,(H,20,21). The van der Waals surface area contributed by atoms with Crippen molar-refractivity contribution in [1.29, 1.82) is 0 Å². The molecule has 2 rings (SSSR count). The Balaban J connectivity index is 2.30. The van der Waals surface area contributed by atoms with Gasteiger partial charge in [-0.2, -0.15) is 0 Å². The van der Waals surface area contributed by atoms with Gasteiger partial charge in [0.05, 0.1) is 4.92 Å². The lowest BCUT2D eigenvalue weighted by atomic mass is 9.95. The molecule has 1 aromatic carbocycles. The molecule has 0 saturated carbocycles. The Bertz CT molecular complexity index is 671. The molecule has 130 valence electrons. The molecule has 1 fully saturated rings. The Morgan fingerprint density at radius 2 is 2.00 bits per heavy atom. The fourth-order valence-electron chi connectivity index (χ4n) is 3.28. The average Bonchev–Trinajstić information content (AvgIpc) is 2.52. The summed E-state index contributed by atoms with van der Waals surface area (Å²) in [7, 11) is 0. The number of aryl methyl sites for hydroxylation is 2. The molecule has 0 aliphatic carbocycles. The highest BCUT2D eigenvalue weighted by molar-refractivity contribution is 5.96. The van der Waals surface area contributed by atoms with Crippen LogP contribution in [0.2, 0.25) is 0 Å². The molecule has 1 heterocycles. The van der Waals surface area contributed by atoms with Crippen molar-refractivity contribution in [2.45, 2.75) is 52.0 Å². The molecule has 1 aliphatic heterocycles. The molecule has 1 amide bonds. The molecule has 1 saturated heterocycles. The molecule has 24 heavy (non-hydrogen) atoms. The normalized spacial score (nSPS) is 17.6. The van der Waals surface area contributed by atoms with Crippen LogP contribution in [0.25, 0.3) is 0 Å². The number of likely N-dealkylation sites (tertiary alicyclic amines) is 1. The van der Waals surface area contributed by atoms with Gasteiger partial charge in [-0.15, -0.1) is 0 Å². The summed E-state index contributed by atoms with van der Waals surface area (Å²) in [5.74, 6) is -1.12. The SMILES string of the molecule is Cc1cc(C)c([N+](=O)[O-])cc1C(=O)N1CCCCC1CCC(=O)O. The molecule has 1 aliphatic rings. The van der Waals surface area contributed by atoms with Gasteiger partial charge >= 0.3 is 5.97 Å². The summed E-state index contributed by atoms with van der Waals surface area (Å²) in [6, 6.07) is 2.87. The van der Waals surface area contributed by atoms with Crippen molar-refractivity contribution in [2.24, 2.45) is 0 Å². The van der Waals surface area contributed by atoms with E-state index in [1.807, 2.05) is 0 Å². The van der Waals surface area contributed by atoms with Gasteiger partial charge in [-0.25, -0.2) is 0 Å². The van der Waals surface area contributed by atoms with Gasteiger partial charge < -0.3 is 10.0 Å². The molecule has 7 heteroatoms. The Labute approximate surface area is 140 Å². The van der Waals surface area contributed by atoms with Crippen molar-refractivity contribution in [2.75, 3.05) is 6.54 Å². The lowest BCUT2D eigenvalue weighted by Gasteiger charge is -2.36. The molecular formula is C17H22N2O5. The van der Waals surface area contributed by atoms with Crippen molar-refractivity contribution >= 4 is 17.6 Å². The van der Waals surface area contributed by atoms with Gasteiger partial charge in [-0.3, -0.25) is 19.7 Å². The Kier molecular flexibility index (Phi) is 5.54. The summed E-state index contributed by atoms with van der Waals surface area (Å²) in [6.45, 7) is 3.97. The lowest BCUT2D eigenvalue weighted by molar-refractivity contribution is -0.385. The second kappa shape index (κ2) is 7.42. The maximum atomic E-state index is 12.9. The molecule has 1 aromatic rings. The van der Waals surface area contributed by atoms with E-state index < -0.39 is 10.9 Å². The van der Waals surface area contributed by atoms with Gasteiger partial charge in [0.15, 0.2) is 0 Å². The number of benzene rings is 1. The van der Waals surface area contributed by atoms with Crippen molar-refractivity contribution < 1.29 is 19.6 Å². The monoisotopic (exact) mass is 334 g/mol. The number of hydrogen-bond donors (Lipinski definition) is 1. The fourth-order valence-corrected chi connectivity index (χ4v) is 3.28. The second-order valence-electron chi connectivity index (χ2n) is 6.29. The maximum Gasteiger partial charge on any atom is 0.303 e. The van der Waals surface area contributed by atoms with Crippen LogP contribution in [-0.4, -0.2) is 39.4 Å². The lowest BCUT2D eigenvalue weighted by Crippen LogP contribution is -2.44. The first-order valence-corrected chi connectivity index (χ1v) is 8.09. The number of hydrogen-bond acceptors (Lipinski definition) is 4. The highest BCUT2D eigenvalue weighted by atomic mass is 16.6. The highest BCUT2D eigenvalue weighted by Crippen LogP contribution is 2.27. The van der Waals surface area contributed by atoms with Crippen LogP contribution < -0.4 is 0 Å². The summed E-state index contributed by atoms with van der Waals surface area (Å²) in [4.78, 5) is 36.1. The first-order valence-electron chi connectivity index (χ1n) is 8.09. The Morgan fingerprint density at radius 3 is 2.62 bits per heavy atom. The van der Waals surface area contributed by atoms with Crippen molar-refractivity contribution in [3.63, 3.8) is 0 Å². The minimum atomic E-state index is -0.880. The molecule has 0 radical (unpaired) electrons. The van der Waals surface area contributed by atoms with Crippen molar-refractivity contribution in [3.8, 4) is 0 Å². The topological polar surface area (TPSA) is 101 Å². The quantitative estimate of drug-likeness (QED) is 0.659. The van der Waals surface area contributed by atoms with Crippen LogP contribution in [0.1, 0.15) is 53.6 Å². The number of amides is 1. The number of carboxylic acid groups (broad SMARTS) is 1. The number of aliphatic carboxylic acids is 1. The van der Waals surface area contributed by atoms with E-state index >= 15 is 0 Å². The van der Waals surface area contributed by atoms with E-state index in [1.165, 1.54) is 6.07 Å². The number of nitro benzene ring substituents is 1. The largest absolute Gasteiger partial charge is 0.481 e. The van der Waals surface area contributed by atoms with Gasteiger partial charge in [0.25, 0.3) is 11.6 Å². The molecule has 1 N–H and O–H groups in total. The zero-order valence-corrected chi connectivity index (χ0v) is 13.9. The van der Waals surface area contributed by atoms with E-state index in [1.54, 1.807) is 24.8 Å². The predicted octanol–water partition coefficient (Wildman–Crippen LogP) is 3.07. The van der Waals surface area contributed by atoms with Crippen LogP contribution in [0.5, 0.6) is 0 Å². The summed E-state index contributed by atoms with van der Waals surface area (Å²) >= 11 is 0. The number of carboxylic acids is 1. The van der Waals surface area contributed by atoms with Gasteiger partial charge in [0.2, 0.25) is 0 Å². The summed E-state index contributed by atoms with van der Waals surface area (Å²) in [5.41, 5.74) is 1.48. The third kappa shape index (κ3) is 3.90. The molecule has 0 spiro atoms. The van der Waals surface area contributed by atoms with Gasteiger partial charge in [0.1, 0.15) is 0 Å². The molecule has 1 unspecified atom stereocenters.